The number of aliphatic imine (C=N–C) groups is 1. The minimum Gasteiger partial charge on any atom is -0.294 e. The molecule has 0 aliphatic carbocycles. The molecule has 0 amide bonds. The Kier molecular flexibility index (Phi) is 8.07. The summed E-state index contributed by atoms with van der Waals surface area (Å²) in [5.41, 5.74) is 2.40. The van der Waals surface area contributed by atoms with Crippen molar-refractivity contribution >= 4 is 29.1 Å². The zero-order valence-corrected chi connectivity index (χ0v) is 19.2. The topological polar surface area (TPSA) is 131 Å². The zero-order valence-electron chi connectivity index (χ0n) is 18.4. The van der Waals surface area contributed by atoms with Gasteiger partial charge in [-0.25, -0.2) is 22.8 Å². The highest BCUT2D eigenvalue weighted by molar-refractivity contribution is 7.99. The summed E-state index contributed by atoms with van der Waals surface area (Å²) < 4.78 is 45.9. The third kappa shape index (κ3) is 5.95. The number of alkyl halides is 2. The number of halogens is 3. The van der Waals surface area contributed by atoms with Crippen LogP contribution in [0.5, 0.6) is 0 Å². The summed E-state index contributed by atoms with van der Waals surface area (Å²) in [5.74, 6) is -0.858. The van der Waals surface area contributed by atoms with Crippen LogP contribution < -0.4 is 5.48 Å². The van der Waals surface area contributed by atoms with Crippen molar-refractivity contribution in [2.24, 2.45) is 4.99 Å². The van der Waals surface area contributed by atoms with Gasteiger partial charge in [0.25, 0.3) is 6.43 Å². The third-order valence-corrected chi connectivity index (χ3v) is 5.97. The van der Waals surface area contributed by atoms with E-state index in [0.29, 0.717) is 17.7 Å². The molecule has 0 saturated carbocycles. The smallest absolute Gasteiger partial charge is 0.266 e. The number of ketones is 1. The van der Waals surface area contributed by atoms with Gasteiger partial charge in [0.05, 0.1) is 11.3 Å². The number of amidine groups is 1. The van der Waals surface area contributed by atoms with Gasteiger partial charge >= 0.3 is 0 Å². The van der Waals surface area contributed by atoms with E-state index in [-0.39, 0.29) is 34.4 Å². The van der Waals surface area contributed by atoms with Crippen LogP contribution in [0.1, 0.15) is 40.9 Å². The van der Waals surface area contributed by atoms with Crippen molar-refractivity contribution < 1.29 is 27.8 Å². The number of Topliss-reactive ketones (excluding diaryl/α,β-unsaturated/α-hetero) is 1. The third-order valence-electron chi connectivity index (χ3n) is 4.94. The lowest BCUT2D eigenvalue weighted by Gasteiger charge is -2.06. The summed E-state index contributed by atoms with van der Waals surface area (Å²) in [6.45, 7) is 0. The molecule has 14 heteroatoms. The van der Waals surface area contributed by atoms with Crippen molar-refractivity contribution in [1.29, 1.82) is 0 Å². The number of nitrogens with one attached hydrogen (secondary N) is 1. The Bertz CT molecular complexity index is 1350. The van der Waals surface area contributed by atoms with E-state index in [9.17, 15) is 23.2 Å². The van der Waals surface area contributed by atoms with Crippen molar-refractivity contribution in [3.05, 3.63) is 77.8 Å². The maximum absolute atomic E-state index is 13.5. The Labute approximate surface area is 206 Å². The Hall–Kier alpha value is -4.04. The van der Waals surface area contributed by atoms with E-state index in [1.54, 1.807) is 41.5 Å². The lowest BCUT2D eigenvalue weighted by Crippen LogP contribution is -2.21. The fourth-order valence-electron chi connectivity index (χ4n) is 3.15. The van der Waals surface area contributed by atoms with Gasteiger partial charge in [0, 0.05) is 23.4 Å². The average Bonchev–Trinajstić information content (AvgIpc) is 3.58. The molecule has 0 saturated heterocycles. The van der Waals surface area contributed by atoms with E-state index in [1.165, 1.54) is 17.8 Å². The molecular formula is C22H18F3N7O3S. The maximum atomic E-state index is 13.5. The first kappa shape index (κ1) is 25.1. The first-order valence-electron chi connectivity index (χ1n) is 10.5. The van der Waals surface area contributed by atoms with Gasteiger partial charge in [0.2, 0.25) is 0 Å². The van der Waals surface area contributed by atoms with Gasteiger partial charge in [-0.2, -0.15) is 0 Å². The van der Waals surface area contributed by atoms with E-state index in [1.807, 2.05) is 5.48 Å². The van der Waals surface area contributed by atoms with Crippen molar-refractivity contribution in [2.75, 3.05) is 5.75 Å². The Morgan fingerprint density at radius 2 is 1.89 bits per heavy atom. The molecule has 0 radical (unpaired) electrons. The van der Waals surface area contributed by atoms with Gasteiger partial charge in [-0.3, -0.25) is 20.0 Å². The number of rotatable bonds is 10. The molecule has 0 atom stereocenters. The molecule has 4 rings (SSSR count). The summed E-state index contributed by atoms with van der Waals surface area (Å²) in [4.78, 5) is 16.5. The average molecular weight is 517 g/mol. The van der Waals surface area contributed by atoms with Crippen LogP contribution in [-0.4, -0.2) is 47.7 Å². The Morgan fingerprint density at radius 3 is 2.58 bits per heavy atom. The lowest BCUT2D eigenvalue weighted by atomic mass is 10.1. The summed E-state index contributed by atoms with van der Waals surface area (Å²) in [6.07, 6.45) is 0.885. The molecule has 2 heterocycles. The molecule has 0 aliphatic heterocycles. The molecule has 2 aromatic carbocycles. The minimum atomic E-state index is -3.03. The highest BCUT2D eigenvalue weighted by Gasteiger charge is 2.19. The van der Waals surface area contributed by atoms with Crippen molar-refractivity contribution in [3.8, 4) is 5.69 Å². The zero-order chi connectivity index (χ0) is 25.5. The molecule has 0 fully saturated rings. The summed E-state index contributed by atoms with van der Waals surface area (Å²) >= 11 is 1.21. The number of hydroxylamine groups is 1. The van der Waals surface area contributed by atoms with Crippen LogP contribution in [-0.2, 0) is 0 Å². The van der Waals surface area contributed by atoms with E-state index < -0.39 is 17.8 Å². The summed E-state index contributed by atoms with van der Waals surface area (Å²) in [6, 6.07) is 9.95. The molecule has 0 spiro atoms. The summed E-state index contributed by atoms with van der Waals surface area (Å²) in [5, 5.41) is 24.7. The molecule has 0 aliphatic rings. The fourth-order valence-corrected chi connectivity index (χ4v) is 3.99. The second kappa shape index (κ2) is 11.6. The molecule has 0 bridgehead atoms. The maximum Gasteiger partial charge on any atom is 0.266 e. The standard InChI is InChI=1S/C22H18F3N7O3S/c23-17-8-5-14(10-16(17)20(24)25)28-21(29-34)19-22(31-35-30-19)36-9-1-2-18(33)13-3-6-15(7-4-13)32-11-26-27-12-32/h3-8,10-12,20,34H,1-2,9H2,(H,28,29). The number of carbonyl (C=O) groups is 1. The molecule has 186 valence electrons. The fraction of sp³-hybridized carbons (Fsp3) is 0.182. The SMILES string of the molecule is O=C(CCCSc1nonc1C(=Nc1ccc(F)c(C(F)F)c1)NO)c1ccc(-n2cnnc2)cc1. The minimum absolute atomic E-state index is 0.0290. The van der Waals surface area contributed by atoms with Crippen LogP contribution in [0, 0.1) is 5.82 Å². The number of thioether (sulfide) groups is 1. The van der Waals surface area contributed by atoms with Crippen LogP contribution in [0.2, 0.25) is 0 Å². The van der Waals surface area contributed by atoms with E-state index in [4.69, 9.17) is 4.63 Å². The van der Waals surface area contributed by atoms with E-state index in [0.717, 1.165) is 17.8 Å². The molecule has 2 aromatic heterocycles. The monoisotopic (exact) mass is 517 g/mol. The molecule has 0 unspecified atom stereocenters. The van der Waals surface area contributed by atoms with Crippen molar-refractivity contribution in [1.82, 2.24) is 30.6 Å². The van der Waals surface area contributed by atoms with Crippen LogP contribution in [0.4, 0.5) is 18.9 Å². The van der Waals surface area contributed by atoms with E-state index in [2.05, 4.69) is 25.5 Å². The second-order valence-corrected chi connectivity index (χ2v) is 8.37. The van der Waals surface area contributed by atoms with Gasteiger partial charge in [0.15, 0.2) is 22.3 Å². The molecular weight excluding hydrogens is 499 g/mol. The number of carbonyl (C=O) groups excluding carboxylic acids is 1. The van der Waals surface area contributed by atoms with Crippen molar-refractivity contribution in [2.45, 2.75) is 24.3 Å². The number of nitrogens with zero attached hydrogens (tertiary/aromatic N) is 6. The van der Waals surface area contributed by atoms with Gasteiger partial charge in [-0.05, 0) is 59.2 Å². The van der Waals surface area contributed by atoms with Crippen LogP contribution >= 0.6 is 11.8 Å². The predicted octanol–water partition coefficient (Wildman–Crippen LogP) is 4.54. The molecule has 10 nitrogen and oxygen atoms in total. The largest absolute Gasteiger partial charge is 0.294 e. The highest BCUT2D eigenvalue weighted by atomic mass is 32.2. The van der Waals surface area contributed by atoms with Crippen LogP contribution in [0.15, 0.2) is 69.8 Å². The predicted molar refractivity (Wildman–Crippen MR) is 122 cm³/mol. The van der Waals surface area contributed by atoms with Gasteiger partial charge < -0.3 is 0 Å². The Morgan fingerprint density at radius 1 is 1.14 bits per heavy atom. The van der Waals surface area contributed by atoms with Crippen LogP contribution in [0.25, 0.3) is 5.69 Å². The highest BCUT2D eigenvalue weighted by Crippen LogP contribution is 2.27. The van der Waals surface area contributed by atoms with Crippen molar-refractivity contribution in [3.63, 3.8) is 0 Å². The second-order valence-electron chi connectivity index (χ2n) is 7.29. The summed E-state index contributed by atoms with van der Waals surface area (Å²) in [7, 11) is 0. The van der Waals surface area contributed by atoms with Crippen LogP contribution in [0.3, 0.4) is 0 Å². The van der Waals surface area contributed by atoms with Gasteiger partial charge in [-0.15, -0.1) is 22.0 Å². The number of hydrogen-bond acceptors (Lipinski definition) is 9. The molecule has 36 heavy (non-hydrogen) atoms. The molecule has 2 N–H and O–H groups in total. The lowest BCUT2D eigenvalue weighted by molar-refractivity contribution is 0.0982. The number of aromatic nitrogens is 5. The van der Waals surface area contributed by atoms with Gasteiger partial charge in [-0.1, -0.05) is 0 Å². The number of benzene rings is 2. The Balaban J connectivity index is 1.35. The normalized spacial score (nSPS) is 11.8. The van der Waals surface area contributed by atoms with E-state index >= 15 is 0 Å². The molecule has 4 aromatic rings. The first-order chi connectivity index (χ1) is 17.5. The number of hydrogen-bond donors (Lipinski definition) is 2. The quantitative estimate of drug-likeness (QED) is 0.0777. The van der Waals surface area contributed by atoms with Gasteiger partial charge in [0.1, 0.15) is 18.5 Å². The first-order valence-corrected chi connectivity index (χ1v) is 11.4.